The highest BCUT2D eigenvalue weighted by atomic mass is 32.1. The van der Waals surface area contributed by atoms with Crippen LogP contribution in [0.3, 0.4) is 0 Å². The number of carbonyl (C=O) groups is 6. The number of piperidine rings is 2. The second kappa shape index (κ2) is 16.3. The van der Waals surface area contributed by atoms with Gasteiger partial charge in [0.1, 0.15) is 11.7 Å². The minimum absolute atomic E-state index is 0.0199. The van der Waals surface area contributed by atoms with Crippen molar-refractivity contribution in [2.75, 3.05) is 30.3 Å². The molecular formula is C47H53N7O7S. The van der Waals surface area contributed by atoms with Crippen LogP contribution in [0.1, 0.15) is 138 Å². The number of anilines is 2. The number of aliphatic hydroxyl groups is 1. The van der Waals surface area contributed by atoms with E-state index in [4.69, 9.17) is 4.98 Å². The molecule has 1 atom stereocenters. The van der Waals surface area contributed by atoms with E-state index in [9.17, 15) is 33.9 Å². The summed E-state index contributed by atoms with van der Waals surface area (Å²) in [5.74, 6) is -1.29. The normalized spacial score (nSPS) is 22.7. The van der Waals surface area contributed by atoms with Crippen molar-refractivity contribution in [3.63, 3.8) is 0 Å². The van der Waals surface area contributed by atoms with Crippen LogP contribution in [0.4, 0.5) is 11.4 Å². The third-order valence-corrected chi connectivity index (χ3v) is 15.1. The SMILES string of the molecule is Cc1cccc(C(=O)Nc2cc3sc(C4CCC(C(=O)N5CCC6(CC5)CC(CCNc5cccc7c5C(=O)N(C5CCC(=O)NC5=O)C7=O)C6)CC4)nc3cc2C(C)(C)O)n1. The standard InChI is InChI=1S/C47H53N7O7S/c1-26-6-4-9-33(49-26)40(56)50-34-23-37-35(22-31(34)46(2,3)61)51-42(62-37)28-10-12-29(13-11-28)43(58)53-20-17-47(18-21-53)24-27(25-47)16-19-48-32-8-5-7-30-39(32)45(60)54(44(30)59)36-14-15-38(55)52-41(36)57/h4-9,22-23,27-29,36,48,61H,10-21,24-25H2,1-3H3,(H,50,56)(H,52,55,57). The number of pyridine rings is 1. The first-order valence-corrected chi connectivity index (χ1v) is 22.8. The molecule has 2 aromatic heterocycles. The van der Waals surface area contributed by atoms with E-state index in [1.54, 1.807) is 55.5 Å². The first-order chi connectivity index (χ1) is 29.7. The van der Waals surface area contributed by atoms with Gasteiger partial charge < -0.3 is 20.6 Å². The average molecular weight is 860 g/mol. The largest absolute Gasteiger partial charge is 0.386 e. The van der Waals surface area contributed by atoms with Gasteiger partial charge in [-0.25, -0.2) is 9.97 Å². The van der Waals surface area contributed by atoms with Crippen LogP contribution in [-0.2, 0) is 20.0 Å². The maximum Gasteiger partial charge on any atom is 0.274 e. The van der Waals surface area contributed by atoms with Crippen molar-refractivity contribution in [3.05, 3.63) is 81.6 Å². The Bertz CT molecular complexity index is 2490. The number of hydrogen-bond donors (Lipinski definition) is 4. The molecular weight excluding hydrogens is 807 g/mol. The van der Waals surface area contributed by atoms with Crippen molar-refractivity contribution in [2.45, 2.75) is 109 Å². The Morgan fingerprint density at radius 2 is 1.68 bits per heavy atom. The number of carbonyl (C=O) groups excluding carboxylic acids is 6. The number of nitrogens with zero attached hydrogens (tertiary/aromatic N) is 4. The molecule has 4 aromatic rings. The molecule has 3 aliphatic heterocycles. The summed E-state index contributed by atoms with van der Waals surface area (Å²) >= 11 is 1.62. The van der Waals surface area contributed by atoms with Crippen LogP contribution in [0.15, 0.2) is 48.5 Å². The minimum atomic E-state index is -1.21. The number of nitrogens with one attached hydrogen (secondary N) is 3. The lowest BCUT2D eigenvalue weighted by Gasteiger charge is -2.53. The van der Waals surface area contributed by atoms with E-state index in [1.165, 1.54) is 0 Å². The molecule has 6 amide bonds. The number of benzene rings is 2. The fourth-order valence-corrected chi connectivity index (χ4v) is 11.7. The molecule has 14 nitrogen and oxygen atoms in total. The second-order valence-electron chi connectivity index (χ2n) is 18.6. The van der Waals surface area contributed by atoms with Crippen molar-refractivity contribution in [2.24, 2.45) is 17.3 Å². The summed E-state index contributed by atoms with van der Waals surface area (Å²) in [5.41, 5.74) is 3.16. The molecule has 4 N–H and O–H groups in total. The smallest absolute Gasteiger partial charge is 0.274 e. The van der Waals surface area contributed by atoms with E-state index in [-0.39, 0.29) is 53.0 Å². The van der Waals surface area contributed by atoms with Gasteiger partial charge in [0.25, 0.3) is 17.7 Å². The summed E-state index contributed by atoms with van der Waals surface area (Å²) in [6, 6.07) is 13.2. The summed E-state index contributed by atoms with van der Waals surface area (Å²) in [6.07, 6.45) is 8.82. The van der Waals surface area contributed by atoms with Gasteiger partial charge in [0.15, 0.2) is 0 Å². The first kappa shape index (κ1) is 41.8. The quantitative estimate of drug-likeness (QED) is 0.125. The molecule has 4 fully saturated rings. The number of fused-ring (bicyclic) bond motifs is 2. The van der Waals surface area contributed by atoms with Crippen LogP contribution in [0, 0.1) is 24.2 Å². The molecule has 62 heavy (non-hydrogen) atoms. The molecule has 1 unspecified atom stereocenters. The molecule has 324 valence electrons. The molecule has 15 heteroatoms. The van der Waals surface area contributed by atoms with Gasteiger partial charge in [0, 0.05) is 60.5 Å². The topological polar surface area (TPSA) is 191 Å². The Hall–Kier alpha value is -5.54. The van der Waals surface area contributed by atoms with Crippen LogP contribution in [0.25, 0.3) is 10.2 Å². The molecule has 2 saturated carbocycles. The van der Waals surface area contributed by atoms with E-state index in [1.807, 2.05) is 25.1 Å². The summed E-state index contributed by atoms with van der Waals surface area (Å²) in [5, 5.41) is 20.7. The highest BCUT2D eigenvalue weighted by Gasteiger charge is 2.48. The van der Waals surface area contributed by atoms with Crippen LogP contribution in [0.2, 0.25) is 0 Å². The number of imide groups is 2. The molecule has 5 heterocycles. The van der Waals surface area contributed by atoms with Crippen LogP contribution in [-0.4, -0.2) is 86.0 Å². The fraction of sp³-hybridized carbons (Fsp3) is 0.489. The van der Waals surface area contributed by atoms with Gasteiger partial charge in [-0.1, -0.05) is 12.1 Å². The molecule has 2 aliphatic carbocycles. The monoisotopic (exact) mass is 859 g/mol. The number of amides is 6. The molecule has 5 aliphatic rings. The number of hydrogen-bond acceptors (Lipinski definition) is 11. The van der Waals surface area contributed by atoms with Gasteiger partial charge in [-0.05, 0) is 133 Å². The summed E-state index contributed by atoms with van der Waals surface area (Å²) < 4.78 is 0.934. The predicted molar refractivity (Wildman–Crippen MR) is 234 cm³/mol. The van der Waals surface area contributed by atoms with E-state index in [0.29, 0.717) is 35.1 Å². The Kier molecular flexibility index (Phi) is 11.0. The molecule has 0 radical (unpaired) electrons. The van der Waals surface area contributed by atoms with Crippen LogP contribution >= 0.6 is 11.3 Å². The molecule has 0 bridgehead atoms. The van der Waals surface area contributed by atoms with Crippen molar-refractivity contribution in [1.29, 1.82) is 0 Å². The van der Waals surface area contributed by atoms with Gasteiger partial charge in [-0.2, -0.15) is 0 Å². The van der Waals surface area contributed by atoms with E-state index in [0.717, 1.165) is 96.7 Å². The lowest BCUT2D eigenvalue weighted by Crippen LogP contribution is -2.54. The fourth-order valence-electron chi connectivity index (χ4n) is 10.5. The zero-order valence-corrected chi connectivity index (χ0v) is 36.2. The van der Waals surface area contributed by atoms with Crippen LogP contribution in [0.5, 0.6) is 0 Å². The number of aryl methyl sites for hydroxylation is 1. The van der Waals surface area contributed by atoms with E-state index in [2.05, 4.69) is 25.8 Å². The highest BCUT2D eigenvalue weighted by molar-refractivity contribution is 7.18. The van der Waals surface area contributed by atoms with Gasteiger partial charge >= 0.3 is 0 Å². The summed E-state index contributed by atoms with van der Waals surface area (Å²) in [6.45, 7) is 7.46. The van der Waals surface area contributed by atoms with Crippen molar-refractivity contribution in [3.8, 4) is 0 Å². The predicted octanol–water partition coefficient (Wildman–Crippen LogP) is 6.68. The van der Waals surface area contributed by atoms with Crippen molar-refractivity contribution < 1.29 is 33.9 Å². The van der Waals surface area contributed by atoms with Crippen molar-refractivity contribution >= 4 is 68.4 Å². The first-order valence-electron chi connectivity index (χ1n) is 22.0. The van der Waals surface area contributed by atoms with Crippen LogP contribution < -0.4 is 16.0 Å². The highest BCUT2D eigenvalue weighted by Crippen LogP contribution is 2.54. The number of thiazole rings is 1. The maximum absolute atomic E-state index is 13.8. The Labute approximate surface area is 364 Å². The second-order valence-corrected chi connectivity index (χ2v) is 19.7. The minimum Gasteiger partial charge on any atom is -0.386 e. The molecule has 2 aromatic carbocycles. The summed E-state index contributed by atoms with van der Waals surface area (Å²) in [4.78, 5) is 90.2. The van der Waals surface area contributed by atoms with Crippen molar-refractivity contribution in [1.82, 2.24) is 25.1 Å². The zero-order valence-electron chi connectivity index (χ0n) is 35.4. The van der Waals surface area contributed by atoms with E-state index >= 15 is 0 Å². The molecule has 2 saturated heterocycles. The lowest BCUT2D eigenvalue weighted by atomic mass is 9.57. The number of aromatic nitrogens is 2. The van der Waals surface area contributed by atoms with Gasteiger partial charge in [-0.15, -0.1) is 11.3 Å². The average Bonchev–Trinajstić information content (AvgIpc) is 3.77. The Balaban J connectivity index is 0.740. The number of rotatable bonds is 10. The van der Waals surface area contributed by atoms with Gasteiger partial charge in [-0.3, -0.25) is 39.0 Å². The third-order valence-electron chi connectivity index (χ3n) is 13.9. The number of likely N-dealkylation sites (tertiary alicyclic amines) is 1. The van der Waals surface area contributed by atoms with Gasteiger partial charge in [0.2, 0.25) is 17.7 Å². The maximum atomic E-state index is 13.8. The van der Waals surface area contributed by atoms with E-state index < -0.39 is 35.3 Å². The molecule has 9 rings (SSSR count). The van der Waals surface area contributed by atoms with Gasteiger partial charge in [0.05, 0.1) is 32.0 Å². The summed E-state index contributed by atoms with van der Waals surface area (Å²) in [7, 11) is 0. The third kappa shape index (κ3) is 8.00. The Morgan fingerprint density at radius 1 is 0.935 bits per heavy atom. The Morgan fingerprint density at radius 3 is 2.39 bits per heavy atom. The molecule has 1 spiro atoms. The lowest BCUT2D eigenvalue weighted by molar-refractivity contribution is -0.141. The zero-order chi connectivity index (χ0) is 43.5.